The predicted octanol–water partition coefficient (Wildman–Crippen LogP) is 4.39. The zero-order valence-corrected chi connectivity index (χ0v) is 15.4. The minimum absolute atomic E-state index is 0.636. The van der Waals surface area contributed by atoms with Gasteiger partial charge >= 0.3 is 0 Å². The number of para-hydroxylation sites is 1. The number of thiocarbonyl (C=S) groups is 1. The minimum Gasteiger partial charge on any atom is -0.371 e. The lowest BCUT2D eigenvalue weighted by molar-refractivity contribution is 0.730. The molecule has 0 spiro atoms. The van der Waals surface area contributed by atoms with Crippen LogP contribution in [0.3, 0.4) is 0 Å². The standard InChI is InChI=1S/C19H22ClN3S/c1-14-7-8-16(13-17(14)20)22-19(24)21-10-4-11-23-12-9-15-5-2-3-6-18(15)23/h2-3,5-8,13H,4,9-12H2,1H3,(H2,21,22,24). The topological polar surface area (TPSA) is 27.3 Å². The fraction of sp³-hybridized carbons (Fsp3) is 0.316. The molecule has 0 bridgehead atoms. The van der Waals surface area contributed by atoms with Gasteiger partial charge in [0.05, 0.1) is 0 Å². The van der Waals surface area contributed by atoms with Crippen LogP contribution in [0.15, 0.2) is 42.5 Å². The van der Waals surface area contributed by atoms with E-state index in [-0.39, 0.29) is 0 Å². The summed E-state index contributed by atoms with van der Waals surface area (Å²) in [5.41, 5.74) is 4.81. The first-order valence-electron chi connectivity index (χ1n) is 8.27. The van der Waals surface area contributed by atoms with Crippen LogP contribution in [-0.2, 0) is 6.42 Å². The second kappa shape index (κ2) is 7.86. The number of anilines is 2. The number of halogens is 1. The van der Waals surface area contributed by atoms with Crippen LogP contribution in [-0.4, -0.2) is 24.7 Å². The molecule has 0 amide bonds. The minimum atomic E-state index is 0.636. The molecule has 0 saturated carbocycles. The van der Waals surface area contributed by atoms with Crippen LogP contribution in [0.1, 0.15) is 17.5 Å². The van der Waals surface area contributed by atoms with Crippen molar-refractivity contribution in [1.82, 2.24) is 5.32 Å². The Morgan fingerprint density at radius 1 is 1.25 bits per heavy atom. The number of rotatable bonds is 5. The van der Waals surface area contributed by atoms with Gasteiger partial charge in [0, 0.05) is 36.0 Å². The molecule has 2 aromatic carbocycles. The molecule has 126 valence electrons. The van der Waals surface area contributed by atoms with Crippen molar-refractivity contribution in [3.63, 3.8) is 0 Å². The van der Waals surface area contributed by atoms with Gasteiger partial charge < -0.3 is 15.5 Å². The van der Waals surface area contributed by atoms with Gasteiger partial charge in [-0.15, -0.1) is 0 Å². The Morgan fingerprint density at radius 2 is 2.08 bits per heavy atom. The summed E-state index contributed by atoms with van der Waals surface area (Å²) in [6.07, 6.45) is 2.20. The van der Waals surface area contributed by atoms with Crippen LogP contribution in [0.25, 0.3) is 0 Å². The summed E-state index contributed by atoms with van der Waals surface area (Å²) in [6, 6.07) is 14.5. The van der Waals surface area contributed by atoms with E-state index < -0.39 is 0 Å². The molecule has 0 aliphatic carbocycles. The molecule has 0 unspecified atom stereocenters. The summed E-state index contributed by atoms with van der Waals surface area (Å²) >= 11 is 11.5. The van der Waals surface area contributed by atoms with E-state index >= 15 is 0 Å². The lowest BCUT2D eigenvalue weighted by Gasteiger charge is -2.19. The van der Waals surface area contributed by atoms with Crippen LogP contribution in [0.4, 0.5) is 11.4 Å². The van der Waals surface area contributed by atoms with E-state index in [4.69, 9.17) is 23.8 Å². The smallest absolute Gasteiger partial charge is 0.170 e. The molecular weight excluding hydrogens is 338 g/mol. The lowest BCUT2D eigenvalue weighted by atomic mass is 10.2. The highest BCUT2D eigenvalue weighted by Gasteiger charge is 2.17. The van der Waals surface area contributed by atoms with E-state index in [1.54, 1.807) is 0 Å². The van der Waals surface area contributed by atoms with Crippen LogP contribution < -0.4 is 15.5 Å². The maximum atomic E-state index is 6.13. The Hall–Kier alpha value is -1.78. The number of nitrogens with zero attached hydrogens (tertiary/aromatic N) is 1. The molecule has 3 nitrogen and oxygen atoms in total. The van der Waals surface area contributed by atoms with E-state index in [0.29, 0.717) is 5.11 Å². The summed E-state index contributed by atoms with van der Waals surface area (Å²) in [4.78, 5) is 2.45. The van der Waals surface area contributed by atoms with Gasteiger partial charge in [0.2, 0.25) is 0 Å². The number of nitrogens with one attached hydrogen (secondary N) is 2. The van der Waals surface area contributed by atoms with Crippen molar-refractivity contribution < 1.29 is 0 Å². The van der Waals surface area contributed by atoms with Gasteiger partial charge in [-0.1, -0.05) is 35.9 Å². The van der Waals surface area contributed by atoms with Crippen LogP contribution in [0.2, 0.25) is 5.02 Å². The normalized spacial score (nSPS) is 12.8. The van der Waals surface area contributed by atoms with Crippen molar-refractivity contribution in [2.75, 3.05) is 29.9 Å². The van der Waals surface area contributed by atoms with Gasteiger partial charge in [0.1, 0.15) is 0 Å². The predicted molar refractivity (Wildman–Crippen MR) is 107 cm³/mol. The van der Waals surface area contributed by atoms with Gasteiger partial charge in [-0.05, 0) is 61.3 Å². The van der Waals surface area contributed by atoms with Gasteiger partial charge in [-0.3, -0.25) is 0 Å². The molecule has 1 heterocycles. The van der Waals surface area contributed by atoms with Gasteiger partial charge in [-0.25, -0.2) is 0 Å². The fourth-order valence-corrected chi connectivity index (χ4v) is 3.36. The molecule has 0 radical (unpaired) electrons. The number of hydrogen-bond donors (Lipinski definition) is 2. The molecule has 0 fully saturated rings. The molecule has 2 aromatic rings. The summed E-state index contributed by atoms with van der Waals surface area (Å²) in [5.74, 6) is 0. The third-order valence-corrected chi connectivity index (χ3v) is 4.96. The number of benzene rings is 2. The summed E-state index contributed by atoms with van der Waals surface area (Å²) < 4.78 is 0. The average molecular weight is 360 g/mol. The summed E-state index contributed by atoms with van der Waals surface area (Å²) in [5, 5.41) is 7.82. The van der Waals surface area contributed by atoms with Gasteiger partial charge in [0.25, 0.3) is 0 Å². The van der Waals surface area contributed by atoms with E-state index in [9.17, 15) is 0 Å². The van der Waals surface area contributed by atoms with E-state index in [0.717, 1.165) is 48.7 Å². The maximum absolute atomic E-state index is 6.13. The first-order chi connectivity index (χ1) is 11.6. The number of hydrogen-bond acceptors (Lipinski definition) is 2. The van der Waals surface area contributed by atoms with E-state index in [1.807, 2.05) is 25.1 Å². The Kier molecular flexibility index (Phi) is 5.59. The number of fused-ring (bicyclic) bond motifs is 1. The first kappa shape index (κ1) is 17.1. The zero-order valence-electron chi connectivity index (χ0n) is 13.8. The van der Waals surface area contributed by atoms with Crippen LogP contribution >= 0.6 is 23.8 Å². The molecule has 5 heteroatoms. The maximum Gasteiger partial charge on any atom is 0.170 e. The van der Waals surface area contributed by atoms with Crippen molar-refractivity contribution in [3.05, 3.63) is 58.6 Å². The average Bonchev–Trinajstić information content (AvgIpc) is 2.98. The molecular formula is C19H22ClN3S. The Bertz CT molecular complexity index is 732. The second-order valence-electron chi connectivity index (χ2n) is 6.06. The summed E-state index contributed by atoms with van der Waals surface area (Å²) in [7, 11) is 0. The van der Waals surface area contributed by atoms with Crippen molar-refractivity contribution in [1.29, 1.82) is 0 Å². The third-order valence-electron chi connectivity index (χ3n) is 4.30. The van der Waals surface area contributed by atoms with Gasteiger partial charge in [-0.2, -0.15) is 0 Å². The molecule has 1 aliphatic heterocycles. The molecule has 0 aromatic heterocycles. The Morgan fingerprint density at radius 3 is 2.92 bits per heavy atom. The highest BCUT2D eigenvalue weighted by Crippen LogP contribution is 2.27. The largest absolute Gasteiger partial charge is 0.371 e. The molecule has 24 heavy (non-hydrogen) atoms. The highest BCUT2D eigenvalue weighted by atomic mass is 35.5. The van der Waals surface area contributed by atoms with Crippen LogP contribution in [0.5, 0.6) is 0 Å². The number of aryl methyl sites for hydroxylation is 1. The zero-order chi connectivity index (χ0) is 16.9. The molecule has 0 atom stereocenters. The van der Waals surface area contributed by atoms with E-state index in [1.165, 1.54) is 11.3 Å². The lowest BCUT2D eigenvalue weighted by Crippen LogP contribution is -2.32. The molecule has 1 aliphatic rings. The first-order valence-corrected chi connectivity index (χ1v) is 9.06. The fourth-order valence-electron chi connectivity index (χ4n) is 2.96. The quantitative estimate of drug-likeness (QED) is 0.611. The third kappa shape index (κ3) is 4.19. The summed E-state index contributed by atoms with van der Waals surface area (Å²) in [6.45, 7) is 5.00. The Balaban J connectivity index is 1.40. The molecule has 0 saturated heterocycles. The van der Waals surface area contributed by atoms with Gasteiger partial charge in [0.15, 0.2) is 5.11 Å². The van der Waals surface area contributed by atoms with E-state index in [2.05, 4.69) is 39.8 Å². The second-order valence-corrected chi connectivity index (χ2v) is 6.88. The van der Waals surface area contributed by atoms with Crippen LogP contribution in [0, 0.1) is 6.92 Å². The highest BCUT2D eigenvalue weighted by molar-refractivity contribution is 7.80. The Labute approximate surface area is 154 Å². The molecule has 3 rings (SSSR count). The molecule has 2 N–H and O–H groups in total. The van der Waals surface area contributed by atoms with Crippen molar-refractivity contribution in [2.45, 2.75) is 19.8 Å². The van der Waals surface area contributed by atoms with Crippen molar-refractivity contribution >= 4 is 40.3 Å². The monoisotopic (exact) mass is 359 g/mol. The van der Waals surface area contributed by atoms with Crippen molar-refractivity contribution in [2.24, 2.45) is 0 Å². The SMILES string of the molecule is Cc1ccc(NC(=S)NCCCN2CCc3ccccc32)cc1Cl. The van der Waals surface area contributed by atoms with Crippen molar-refractivity contribution in [3.8, 4) is 0 Å².